The van der Waals surface area contributed by atoms with Gasteiger partial charge in [0.05, 0.1) is 6.04 Å². The first kappa shape index (κ1) is 18.0. The maximum absolute atomic E-state index is 12.5. The summed E-state index contributed by atoms with van der Waals surface area (Å²) in [6, 6.07) is 8.70. The van der Waals surface area contributed by atoms with Crippen molar-refractivity contribution in [2.75, 3.05) is 32.5 Å². The fourth-order valence-corrected chi connectivity index (χ4v) is 3.24. The zero-order chi connectivity index (χ0) is 16.8. The van der Waals surface area contributed by atoms with Crippen LogP contribution in [0.5, 0.6) is 0 Å². The van der Waals surface area contributed by atoms with Crippen LogP contribution >= 0.6 is 0 Å². The van der Waals surface area contributed by atoms with Gasteiger partial charge >= 0.3 is 0 Å². The van der Waals surface area contributed by atoms with Crippen LogP contribution in [0.4, 0.5) is 5.69 Å². The fraction of sp³-hybridized carbons (Fsp3) is 0.632. The molecule has 1 aliphatic heterocycles. The Hall–Kier alpha value is -1.39. The van der Waals surface area contributed by atoms with E-state index in [1.54, 1.807) is 0 Å². The van der Waals surface area contributed by atoms with Gasteiger partial charge < -0.3 is 10.2 Å². The zero-order valence-corrected chi connectivity index (χ0v) is 15.0. The predicted octanol–water partition coefficient (Wildman–Crippen LogP) is 2.99. The molecule has 2 rings (SSSR count). The van der Waals surface area contributed by atoms with E-state index >= 15 is 0 Å². The van der Waals surface area contributed by atoms with E-state index in [-0.39, 0.29) is 11.9 Å². The highest BCUT2D eigenvalue weighted by molar-refractivity contribution is 5.94. The smallest absolute Gasteiger partial charge is 0.241 e. The molecule has 0 spiro atoms. The van der Waals surface area contributed by atoms with E-state index in [1.807, 2.05) is 19.1 Å². The van der Waals surface area contributed by atoms with E-state index in [0.717, 1.165) is 38.0 Å². The van der Waals surface area contributed by atoms with E-state index in [9.17, 15) is 4.79 Å². The summed E-state index contributed by atoms with van der Waals surface area (Å²) in [5, 5.41) is 3.05. The Morgan fingerprint density at radius 1 is 1.26 bits per heavy atom. The first-order chi connectivity index (χ1) is 11.0. The number of carbonyl (C=O) groups excluding carboxylic acids is 1. The van der Waals surface area contributed by atoms with Gasteiger partial charge in [0.1, 0.15) is 0 Å². The van der Waals surface area contributed by atoms with Gasteiger partial charge in [0.25, 0.3) is 0 Å². The van der Waals surface area contributed by atoms with Gasteiger partial charge in [-0.25, -0.2) is 0 Å². The number of benzene rings is 1. The Balaban J connectivity index is 1.90. The molecular weight excluding hydrogens is 286 g/mol. The summed E-state index contributed by atoms with van der Waals surface area (Å²) in [6.45, 7) is 6.15. The summed E-state index contributed by atoms with van der Waals surface area (Å²) < 4.78 is 0. The first-order valence-corrected chi connectivity index (χ1v) is 8.81. The molecule has 0 radical (unpaired) electrons. The molecule has 4 nitrogen and oxygen atoms in total. The number of hydrogen-bond acceptors (Lipinski definition) is 3. The van der Waals surface area contributed by atoms with Crippen LogP contribution in [0.25, 0.3) is 0 Å². The average Bonchev–Trinajstić information content (AvgIpc) is 2.81. The van der Waals surface area contributed by atoms with Crippen LogP contribution in [0, 0.1) is 0 Å². The summed E-state index contributed by atoms with van der Waals surface area (Å²) in [7, 11) is 4.30. The Labute approximate surface area is 140 Å². The van der Waals surface area contributed by atoms with Crippen LogP contribution in [-0.4, -0.2) is 55.0 Å². The van der Waals surface area contributed by atoms with E-state index in [0.29, 0.717) is 6.04 Å². The molecule has 23 heavy (non-hydrogen) atoms. The number of hydrogen-bond donors (Lipinski definition) is 1. The van der Waals surface area contributed by atoms with Crippen molar-refractivity contribution in [3.05, 3.63) is 29.8 Å². The molecule has 1 aromatic rings. The van der Waals surface area contributed by atoms with E-state index in [4.69, 9.17) is 0 Å². The van der Waals surface area contributed by atoms with Crippen molar-refractivity contribution in [1.82, 2.24) is 9.80 Å². The lowest BCUT2D eigenvalue weighted by atomic mass is 10.1. The summed E-state index contributed by atoms with van der Waals surface area (Å²) in [5.74, 6) is 0.0950. The van der Waals surface area contributed by atoms with Gasteiger partial charge in [-0.3, -0.25) is 9.69 Å². The van der Waals surface area contributed by atoms with Crippen LogP contribution in [-0.2, 0) is 11.2 Å². The van der Waals surface area contributed by atoms with Gasteiger partial charge in [-0.1, -0.05) is 19.1 Å². The maximum atomic E-state index is 12.5. The molecule has 1 N–H and O–H groups in total. The van der Waals surface area contributed by atoms with E-state index < -0.39 is 0 Å². The SMILES string of the molecule is CCc1ccc(NC(=O)[C@H](C)N2CCC[C@@H](N(C)C)CC2)cc1. The summed E-state index contributed by atoms with van der Waals surface area (Å²) in [6.07, 6.45) is 4.53. The van der Waals surface area contributed by atoms with Crippen molar-refractivity contribution in [3.8, 4) is 0 Å². The second-order valence-electron chi connectivity index (χ2n) is 6.80. The van der Waals surface area contributed by atoms with Crippen molar-refractivity contribution in [3.63, 3.8) is 0 Å². The van der Waals surface area contributed by atoms with Gasteiger partial charge in [-0.15, -0.1) is 0 Å². The lowest BCUT2D eigenvalue weighted by Crippen LogP contribution is -2.43. The number of nitrogens with one attached hydrogen (secondary N) is 1. The maximum Gasteiger partial charge on any atom is 0.241 e. The Bertz CT molecular complexity index is 498. The number of nitrogens with zero attached hydrogens (tertiary/aromatic N) is 2. The molecule has 1 fully saturated rings. The molecule has 4 heteroatoms. The standard InChI is InChI=1S/C19H31N3O/c1-5-16-8-10-17(11-9-16)20-19(23)15(2)22-13-6-7-18(12-14-22)21(3)4/h8-11,15,18H,5-7,12-14H2,1-4H3,(H,20,23)/t15-,18+/m0/s1. The number of aryl methyl sites for hydroxylation is 1. The highest BCUT2D eigenvalue weighted by Crippen LogP contribution is 2.18. The molecule has 0 aliphatic carbocycles. The van der Waals surface area contributed by atoms with Gasteiger partial charge in [0.15, 0.2) is 0 Å². The van der Waals surface area contributed by atoms with E-state index in [1.165, 1.54) is 12.0 Å². The molecule has 0 bridgehead atoms. The quantitative estimate of drug-likeness (QED) is 0.907. The molecule has 0 unspecified atom stereocenters. The predicted molar refractivity (Wildman–Crippen MR) is 96.8 cm³/mol. The molecule has 2 atom stereocenters. The van der Waals surface area contributed by atoms with Crippen molar-refractivity contribution < 1.29 is 4.79 Å². The number of anilines is 1. The Morgan fingerprint density at radius 3 is 2.57 bits per heavy atom. The van der Waals surface area contributed by atoms with Crippen molar-refractivity contribution in [1.29, 1.82) is 0 Å². The van der Waals surface area contributed by atoms with Crippen LogP contribution in [0.1, 0.15) is 38.7 Å². The largest absolute Gasteiger partial charge is 0.325 e. The summed E-state index contributed by atoms with van der Waals surface area (Å²) >= 11 is 0. The van der Waals surface area contributed by atoms with Crippen LogP contribution in [0.15, 0.2) is 24.3 Å². The van der Waals surface area contributed by atoms with Gasteiger partial charge in [0.2, 0.25) is 5.91 Å². The molecule has 128 valence electrons. The van der Waals surface area contributed by atoms with Crippen LogP contribution in [0.2, 0.25) is 0 Å². The molecule has 0 aromatic heterocycles. The lowest BCUT2D eigenvalue weighted by molar-refractivity contribution is -0.120. The van der Waals surface area contributed by atoms with E-state index in [2.05, 4.69) is 48.3 Å². The molecule has 1 heterocycles. The molecular formula is C19H31N3O. The second kappa shape index (κ2) is 8.46. The minimum absolute atomic E-state index is 0.0817. The van der Waals surface area contributed by atoms with Crippen molar-refractivity contribution in [2.45, 2.75) is 51.6 Å². The third kappa shape index (κ3) is 5.05. The zero-order valence-electron chi connectivity index (χ0n) is 15.0. The molecule has 1 aromatic carbocycles. The number of carbonyl (C=O) groups is 1. The Morgan fingerprint density at radius 2 is 1.96 bits per heavy atom. The molecule has 1 saturated heterocycles. The first-order valence-electron chi connectivity index (χ1n) is 8.81. The third-order valence-electron chi connectivity index (χ3n) is 5.02. The average molecular weight is 317 g/mol. The Kier molecular flexibility index (Phi) is 6.60. The highest BCUT2D eigenvalue weighted by Gasteiger charge is 2.25. The minimum atomic E-state index is -0.0817. The topological polar surface area (TPSA) is 35.6 Å². The molecule has 1 amide bonds. The van der Waals surface area contributed by atoms with Crippen LogP contribution in [0.3, 0.4) is 0 Å². The number of likely N-dealkylation sites (tertiary alicyclic amines) is 1. The summed E-state index contributed by atoms with van der Waals surface area (Å²) in [5.41, 5.74) is 2.18. The minimum Gasteiger partial charge on any atom is -0.325 e. The molecule has 0 saturated carbocycles. The second-order valence-corrected chi connectivity index (χ2v) is 6.80. The monoisotopic (exact) mass is 317 g/mol. The van der Waals surface area contributed by atoms with Crippen molar-refractivity contribution in [2.24, 2.45) is 0 Å². The highest BCUT2D eigenvalue weighted by atomic mass is 16.2. The van der Waals surface area contributed by atoms with Gasteiger partial charge in [-0.2, -0.15) is 0 Å². The molecule has 1 aliphatic rings. The lowest BCUT2D eigenvalue weighted by Gasteiger charge is -2.27. The summed E-state index contributed by atoms with van der Waals surface area (Å²) in [4.78, 5) is 17.2. The van der Waals surface area contributed by atoms with Gasteiger partial charge in [0, 0.05) is 18.3 Å². The number of rotatable bonds is 5. The number of amides is 1. The van der Waals surface area contributed by atoms with Crippen molar-refractivity contribution >= 4 is 11.6 Å². The fourth-order valence-electron chi connectivity index (χ4n) is 3.24. The normalized spacial score (nSPS) is 21.0. The van der Waals surface area contributed by atoms with Gasteiger partial charge in [-0.05, 0) is 70.9 Å². The van der Waals surface area contributed by atoms with Crippen LogP contribution < -0.4 is 5.32 Å². The third-order valence-corrected chi connectivity index (χ3v) is 5.02.